The number of nitrogen functional groups attached to an aromatic ring is 1. The summed E-state index contributed by atoms with van der Waals surface area (Å²) in [6.07, 6.45) is 0. The maximum absolute atomic E-state index is 9.09. The number of hydrogen-bond acceptors (Lipinski definition) is 4. The number of thiophene rings is 1. The lowest BCUT2D eigenvalue weighted by Crippen LogP contribution is -1.92. The molecule has 0 atom stereocenters. The van der Waals surface area contributed by atoms with E-state index in [-0.39, 0.29) is 6.61 Å². The van der Waals surface area contributed by atoms with Crippen molar-refractivity contribution in [2.75, 3.05) is 5.73 Å². The summed E-state index contributed by atoms with van der Waals surface area (Å²) >= 11 is 1.50. The van der Waals surface area contributed by atoms with Gasteiger partial charge in [0.15, 0.2) is 0 Å². The van der Waals surface area contributed by atoms with Crippen LogP contribution in [0, 0.1) is 6.92 Å². The molecule has 3 nitrogen and oxygen atoms in total. The van der Waals surface area contributed by atoms with E-state index in [0.717, 1.165) is 11.1 Å². The van der Waals surface area contributed by atoms with Gasteiger partial charge in [-0.05, 0) is 18.6 Å². The van der Waals surface area contributed by atoms with Crippen molar-refractivity contribution in [2.45, 2.75) is 13.5 Å². The van der Waals surface area contributed by atoms with Crippen molar-refractivity contribution < 1.29 is 9.84 Å². The molecule has 3 N–H and O–H groups in total. The summed E-state index contributed by atoms with van der Waals surface area (Å²) < 4.78 is 5.65. The molecule has 0 fully saturated rings. The van der Waals surface area contributed by atoms with Gasteiger partial charge in [-0.1, -0.05) is 6.07 Å². The van der Waals surface area contributed by atoms with E-state index in [0.29, 0.717) is 17.2 Å². The molecule has 0 amide bonds. The summed E-state index contributed by atoms with van der Waals surface area (Å²) in [6, 6.07) is 5.56. The molecule has 0 saturated carbocycles. The molecular formula is C12H13NO2S. The third-order valence-electron chi connectivity index (χ3n) is 2.35. The fourth-order valence-corrected chi connectivity index (χ4v) is 2.07. The van der Waals surface area contributed by atoms with Gasteiger partial charge in [-0.3, -0.25) is 0 Å². The van der Waals surface area contributed by atoms with Gasteiger partial charge in [0.05, 0.1) is 6.61 Å². The molecule has 2 rings (SSSR count). The predicted octanol–water partition coefficient (Wildman–Crippen LogP) is 2.92. The average Bonchev–Trinajstić information content (AvgIpc) is 2.71. The van der Waals surface area contributed by atoms with Crippen molar-refractivity contribution in [2.24, 2.45) is 0 Å². The molecular weight excluding hydrogens is 222 g/mol. The summed E-state index contributed by atoms with van der Waals surface area (Å²) in [6.45, 7) is 1.93. The van der Waals surface area contributed by atoms with Crippen molar-refractivity contribution >= 4 is 17.0 Å². The third-order valence-corrected chi connectivity index (χ3v) is 3.12. The number of ether oxygens (including phenoxy) is 1. The number of rotatable bonds is 3. The molecule has 1 heterocycles. The standard InChI is InChI=1S/C12H13NO2S/c1-8-2-3-10(4-11(8)13)15-12-7-16-6-9(12)5-14/h2-4,6-7,14H,5,13H2,1H3. The van der Waals surface area contributed by atoms with E-state index in [1.807, 2.05) is 29.8 Å². The molecule has 4 heteroatoms. The van der Waals surface area contributed by atoms with Crippen molar-refractivity contribution in [1.82, 2.24) is 0 Å². The monoisotopic (exact) mass is 235 g/mol. The van der Waals surface area contributed by atoms with E-state index in [1.54, 1.807) is 6.07 Å². The van der Waals surface area contributed by atoms with Crippen LogP contribution < -0.4 is 10.5 Å². The van der Waals surface area contributed by atoms with Crippen LogP contribution in [0.4, 0.5) is 5.69 Å². The minimum absolute atomic E-state index is 0.0137. The van der Waals surface area contributed by atoms with E-state index < -0.39 is 0 Å². The van der Waals surface area contributed by atoms with Gasteiger partial charge in [0.25, 0.3) is 0 Å². The molecule has 0 bridgehead atoms. The molecule has 2 aromatic rings. The first-order valence-corrected chi connectivity index (χ1v) is 5.85. The highest BCUT2D eigenvalue weighted by Crippen LogP contribution is 2.30. The first kappa shape index (κ1) is 11.0. The highest BCUT2D eigenvalue weighted by atomic mass is 32.1. The minimum Gasteiger partial charge on any atom is -0.456 e. The number of aryl methyl sites for hydroxylation is 1. The SMILES string of the molecule is Cc1ccc(Oc2cscc2CO)cc1N. The Balaban J connectivity index is 2.24. The minimum atomic E-state index is -0.0137. The number of nitrogens with two attached hydrogens (primary N) is 1. The van der Waals surface area contributed by atoms with Gasteiger partial charge in [-0.15, -0.1) is 11.3 Å². The summed E-state index contributed by atoms with van der Waals surface area (Å²) in [5.41, 5.74) is 8.32. The second-order valence-electron chi connectivity index (χ2n) is 3.54. The van der Waals surface area contributed by atoms with Crippen LogP contribution in [-0.2, 0) is 6.61 Å². The fraction of sp³-hybridized carbons (Fsp3) is 0.167. The van der Waals surface area contributed by atoms with E-state index in [2.05, 4.69) is 0 Å². The van der Waals surface area contributed by atoms with Crippen molar-refractivity contribution in [3.63, 3.8) is 0 Å². The van der Waals surface area contributed by atoms with Gasteiger partial charge in [-0.2, -0.15) is 0 Å². The molecule has 0 aliphatic rings. The van der Waals surface area contributed by atoms with Gasteiger partial charge < -0.3 is 15.6 Å². The molecule has 0 radical (unpaired) electrons. The lowest BCUT2D eigenvalue weighted by atomic mass is 10.2. The van der Waals surface area contributed by atoms with Crippen molar-refractivity contribution in [1.29, 1.82) is 0 Å². The maximum atomic E-state index is 9.09. The normalized spacial score (nSPS) is 10.4. The zero-order valence-electron chi connectivity index (χ0n) is 8.93. The molecule has 0 spiro atoms. The summed E-state index contributed by atoms with van der Waals surface area (Å²) in [5, 5.41) is 12.8. The number of benzene rings is 1. The van der Waals surface area contributed by atoms with Gasteiger partial charge in [0.1, 0.15) is 11.5 Å². The summed E-state index contributed by atoms with van der Waals surface area (Å²) in [4.78, 5) is 0. The largest absolute Gasteiger partial charge is 0.456 e. The van der Waals surface area contributed by atoms with Gasteiger partial charge in [0, 0.05) is 28.1 Å². The Labute approximate surface area is 98.1 Å². The van der Waals surface area contributed by atoms with Gasteiger partial charge in [-0.25, -0.2) is 0 Å². The molecule has 0 unspecified atom stereocenters. The van der Waals surface area contributed by atoms with Crippen LogP contribution >= 0.6 is 11.3 Å². The average molecular weight is 235 g/mol. The smallest absolute Gasteiger partial charge is 0.143 e. The van der Waals surface area contributed by atoms with Crippen LogP contribution in [0.3, 0.4) is 0 Å². The maximum Gasteiger partial charge on any atom is 0.143 e. The van der Waals surface area contributed by atoms with E-state index in [4.69, 9.17) is 15.6 Å². The molecule has 1 aromatic carbocycles. The third kappa shape index (κ3) is 2.18. The van der Waals surface area contributed by atoms with E-state index in [1.165, 1.54) is 11.3 Å². The van der Waals surface area contributed by atoms with Crippen LogP contribution in [0.15, 0.2) is 29.0 Å². The summed E-state index contributed by atoms with van der Waals surface area (Å²) in [5.74, 6) is 1.38. The van der Waals surface area contributed by atoms with Gasteiger partial charge in [0.2, 0.25) is 0 Å². The first-order chi connectivity index (χ1) is 7.70. The van der Waals surface area contributed by atoms with Gasteiger partial charge >= 0.3 is 0 Å². The van der Waals surface area contributed by atoms with Crippen LogP contribution in [-0.4, -0.2) is 5.11 Å². The zero-order chi connectivity index (χ0) is 11.5. The summed E-state index contributed by atoms with van der Waals surface area (Å²) in [7, 11) is 0. The molecule has 16 heavy (non-hydrogen) atoms. The first-order valence-electron chi connectivity index (χ1n) is 4.90. The number of aliphatic hydroxyl groups excluding tert-OH is 1. The fourth-order valence-electron chi connectivity index (χ4n) is 1.33. The van der Waals surface area contributed by atoms with Crippen LogP contribution in [0.2, 0.25) is 0 Å². The molecule has 0 aliphatic heterocycles. The Bertz CT molecular complexity index is 494. The topological polar surface area (TPSA) is 55.5 Å². The lowest BCUT2D eigenvalue weighted by molar-refractivity contribution is 0.277. The molecule has 0 aliphatic carbocycles. The Kier molecular flexibility index (Phi) is 3.12. The Morgan fingerprint density at radius 2 is 2.19 bits per heavy atom. The zero-order valence-corrected chi connectivity index (χ0v) is 9.75. The quantitative estimate of drug-likeness (QED) is 0.804. The predicted molar refractivity (Wildman–Crippen MR) is 65.9 cm³/mol. The second kappa shape index (κ2) is 4.55. The van der Waals surface area contributed by atoms with Crippen molar-refractivity contribution in [3.05, 3.63) is 40.1 Å². The lowest BCUT2D eigenvalue weighted by Gasteiger charge is -2.07. The van der Waals surface area contributed by atoms with Crippen LogP contribution in [0.25, 0.3) is 0 Å². The van der Waals surface area contributed by atoms with Crippen LogP contribution in [0.5, 0.6) is 11.5 Å². The Morgan fingerprint density at radius 3 is 2.88 bits per heavy atom. The highest BCUT2D eigenvalue weighted by Gasteiger charge is 2.06. The van der Waals surface area contributed by atoms with E-state index >= 15 is 0 Å². The van der Waals surface area contributed by atoms with E-state index in [9.17, 15) is 0 Å². The second-order valence-corrected chi connectivity index (χ2v) is 4.28. The Morgan fingerprint density at radius 1 is 1.38 bits per heavy atom. The number of anilines is 1. The number of hydrogen-bond donors (Lipinski definition) is 2. The molecule has 1 aromatic heterocycles. The highest BCUT2D eigenvalue weighted by molar-refractivity contribution is 7.08. The molecule has 84 valence electrons. The molecule has 0 saturated heterocycles. The van der Waals surface area contributed by atoms with Crippen LogP contribution in [0.1, 0.15) is 11.1 Å². The van der Waals surface area contributed by atoms with Crippen molar-refractivity contribution in [3.8, 4) is 11.5 Å². The number of aliphatic hydroxyl groups is 1. The Hall–Kier alpha value is -1.52.